The van der Waals surface area contributed by atoms with Crippen LogP contribution in [-0.2, 0) is 19.1 Å². The van der Waals surface area contributed by atoms with E-state index in [4.69, 9.17) is 9.47 Å². The van der Waals surface area contributed by atoms with Gasteiger partial charge in [-0.1, -0.05) is 42.5 Å². The van der Waals surface area contributed by atoms with Crippen LogP contribution in [0.1, 0.15) is 25.3 Å². The summed E-state index contributed by atoms with van der Waals surface area (Å²) in [7, 11) is 0. The van der Waals surface area contributed by atoms with Crippen LogP contribution in [0.2, 0.25) is 0 Å². The highest BCUT2D eigenvalue weighted by molar-refractivity contribution is 6.03. The van der Waals surface area contributed by atoms with Gasteiger partial charge in [-0.2, -0.15) is 0 Å². The molecule has 0 spiro atoms. The predicted molar refractivity (Wildman–Crippen MR) is 120 cm³/mol. The molecular formula is C26H22N2O4. The lowest BCUT2D eigenvalue weighted by molar-refractivity contribution is -0.138. The maximum atomic E-state index is 13.0. The Kier molecular flexibility index (Phi) is 4.98. The summed E-state index contributed by atoms with van der Waals surface area (Å²) in [5, 5.41) is 4.06. The number of pyridine rings is 1. The molecule has 1 atom stereocenters. The Hall–Kier alpha value is -3.93. The van der Waals surface area contributed by atoms with Gasteiger partial charge in [-0.25, -0.2) is 9.59 Å². The molecule has 0 radical (unpaired) electrons. The van der Waals surface area contributed by atoms with Crippen LogP contribution in [0.15, 0.2) is 83.3 Å². The fourth-order valence-corrected chi connectivity index (χ4v) is 4.47. The van der Waals surface area contributed by atoms with Gasteiger partial charge in [0.1, 0.15) is 6.61 Å². The molecule has 1 aromatic heterocycles. The lowest BCUT2D eigenvalue weighted by atomic mass is 9.79. The number of ether oxygens (including phenoxy) is 2. The minimum atomic E-state index is -0.600. The van der Waals surface area contributed by atoms with Crippen molar-refractivity contribution in [3.8, 4) is 11.1 Å². The summed E-state index contributed by atoms with van der Waals surface area (Å²) in [4.78, 5) is 30.4. The van der Waals surface area contributed by atoms with Crippen LogP contribution in [0.3, 0.4) is 0 Å². The van der Waals surface area contributed by atoms with E-state index in [9.17, 15) is 9.59 Å². The second-order valence-corrected chi connectivity index (χ2v) is 7.79. The minimum Gasteiger partial charge on any atom is -0.463 e. The van der Waals surface area contributed by atoms with Crippen molar-refractivity contribution in [3.05, 3.63) is 88.9 Å². The number of carbonyl (C=O) groups excluding carboxylic acids is 2. The van der Waals surface area contributed by atoms with Gasteiger partial charge in [0.25, 0.3) is 0 Å². The standard InChI is InChI=1S/C26H22N2O4/c1-3-31-25(29)22-15(2)28-21-14-32-26(30)24(21)23(22)18-10-7-11-20-19(18)12-17(13-27-20)16-8-5-4-6-9-16/h4-13,23,28H,3,14H2,1-2H3. The molecular weight excluding hydrogens is 404 g/mol. The number of aromatic nitrogens is 1. The van der Waals surface area contributed by atoms with Crippen molar-refractivity contribution in [1.29, 1.82) is 0 Å². The lowest BCUT2D eigenvalue weighted by Crippen LogP contribution is -2.30. The summed E-state index contributed by atoms with van der Waals surface area (Å²) in [5.41, 5.74) is 5.83. The van der Waals surface area contributed by atoms with Crippen LogP contribution < -0.4 is 5.32 Å². The zero-order valence-corrected chi connectivity index (χ0v) is 17.8. The number of allylic oxidation sites excluding steroid dienone is 1. The van der Waals surface area contributed by atoms with Gasteiger partial charge in [-0.3, -0.25) is 4.98 Å². The quantitative estimate of drug-likeness (QED) is 0.629. The average molecular weight is 426 g/mol. The Labute approximate surface area is 185 Å². The van der Waals surface area contributed by atoms with Crippen molar-refractivity contribution >= 4 is 22.8 Å². The van der Waals surface area contributed by atoms with Crippen LogP contribution in [0.4, 0.5) is 0 Å². The number of cyclic esters (lactones) is 1. The topological polar surface area (TPSA) is 77.5 Å². The predicted octanol–water partition coefficient (Wildman–Crippen LogP) is 4.24. The largest absolute Gasteiger partial charge is 0.463 e. The molecule has 2 aromatic carbocycles. The first-order chi connectivity index (χ1) is 15.6. The fraction of sp³-hybridized carbons (Fsp3) is 0.192. The van der Waals surface area contributed by atoms with E-state index in [0.717, 1.165) is 27.6 Å². The number of hydrogen-bond acceptors (Lipinski definition) is 6. The number of nitrogens with zero attached hydrogens (tertiary/aromatic N) is 1. The van der Waals surface area contributed by atoms with Crippen molar-refractivity contribution in [1.82, 2.24) is 10.3 Å². The molecule has 3 aromatic rings. The molecule has 6 nitrogen and oxygen atoms in total. The Morgan fingerprint density at radius 1 is 1.16 bits per heavy atom. The number of benzene rings is 2. The molecule has 32 heavy (non-hydrogen) atoms. The van der Waals surface area contributed by atoms with Gasteiger partial charge >= 0.3 is 11.9 Å². The van der Waals surface area contributed by atoms with Gasteiger partial charge in [0, 0.05) is 22.8 Å². The highest BCUT2D eigenvalue weighted by Crippen LogP contribution is 2.43. The number of hydrogen-bond donors (Lipinski definition) is 1. The van der Waals surface area contributed by atoms with Gasteiger partial charge in [-0.05, 0) is 37.1 Å². The number of esters is 2. The summed E-state index contributed by atoms with van der Waals surface area (Å²) in [6, 6.07) is 17.8. The number of rotatable bonds is 4. The van der Waals surface area contributed by atoms with Crippen LogP contribution in [0.25, 0.3) is 22.0 Å². The first-order valence-electron chi connectivity index (χ1n) is 10.6. The maximum absolute atomic E-state index is 13.0. The summed E-state index contributed by atoms with van der Waals surface area (Å²) in [6.07, 6.45) is 1.84. The SMILES string of the molecule is CCOC(=O)C1=C(C)NC2=C(C(=O)OC2)C1c1cccc2ncc(-c3ccccc3)cc12. The van der Waals surface area contributed by atoms with Crippen molar-refractivity contribution in [2.45, 2.75) is 19.8 Å². The van der Waals surface area contributed by atoms with E-state index < -0.39 is 17.9 Å². The first kappa shape index (κ1) is 20.0. The Morgan fingerprint density at radius 3 is 2.75 bits per heavy atom. The molecule has 0 aliphatic carbocycles. The fourth-order valence-electron chi connectivity index (χ4n) is 4.47. The molecule has 6 heteroatoms. The van der Waals surface area contributed by atoms with Gasteiger partial charge in [0.2, 0.25) is 0 Å². The van der Waals surface area contributed by atoms with E-state index in [2.05, 4.69) is 16.4 Å². The minimum absolute atomic E-state index is 0.163. The molecule has 1 N–H and O–H groups in total. The monoisotopic (exact) mass is 426 g/mol. The van der Waals surface area contributed by atoms with Crippen molar-refractivity contribution in [3.63, 3.8) is 0 Å². The Morgan fingerprint density at radius 2 is 1.97 bits per heavy atom. The molecule has 2 aliphatic heterocycles. The molecule has 2 aliphatic rings. The average Bonchev–Trinajstić information content (AvgIpc) is 3.18. The van der Waals surface area contributed by atoms with Crippen LogP contribution >= 0.6 is 0 Å². The normalized spacial score (nSPS) is 17.8. The second kappa shape index (κ2) is 7.96. The second-order valence-electron chi connectivity index (χ2n) is 7.79. The van der Waals surface area contributed by atoms with E-state index in [-0.39, 0.29) is 13.2 Å². The van der Waals surface area contributed by atoms with Crippen LogP contribution in [0.5, 0.6) is 0 Å². The first-order valence-corrected chi connectivity index (χ1v) is 10.6. The maximum Gasteiger partial charge on any atom is 0.337 e. The number of fused-ring (bicyclic) bond motifs is 1. The number of nitrogens with one attached hydrogen (secondary N) is 1. The molecule has 1 unspecified atom stereocenters. The zero-order valence-electron chi connectivity index (χ0n) is 17.8. The molecule has 160 valence electrons. The molecule has 3 heterocycles. The van der Waals surface area contributed by atoms with Crippen molar-refractivity contribution < 1.29 is 19.1 Å². The summed E-state index contributed by atoms with van der Waals surface area (Å²) >= 11 is 0. The molecule has 0 fully saturated rings. The van der Waals surface area contributed by atoms with Gasteiger partial charge in [0.05, 0.1) is 34.9 Å². The van der Waals surface area contributed by atoms with Gasteiger partial charge in [-0.15, -0.1) is 0 Å². The molecule has 0 saturated heterocycles. The highest BCUT2D eigenvalue weighted by atomic mass is 16.5. The van der Waals surface area contributed by atoms with Crippen LogP contribution in [-0.4, -0.2) is 30.1 Å². The van der Waals surface area contributed by atoms with Gasteiger partial charge in [0.15, 0.2) is 0 Å². The van der Waals surface area contributed by atoms with E-state index in [1.54, 1.807) is 6.92 Å². The third kappa shape index (κ3) is 3.24. The Bertz CT molecular complexity index is 1310. The summed E-state index contributed by atoms with van der Waals surface area (Å²) in [6.45, 7) is 4.00. The summed E-state index contributed by atoms with van der Waals surface area (Å²) < 4.78 is 10.7. The van der Waals surface area contributed by atoms with Crippen molar-refractivity contribution in [2.24, 2.45) is 0 Å². The smallest absolute Gasteiger partial charge is 0.337 e. The number of dihydropyridines is 1. The Balaban J connectivity index is 1.74. The highest BCUT2D eigenvalue weighted by Gasteiger charge is 2.42. The molecule has 5 rings (SSSR count). The van der Waals surface area contributed by atoms with Crippen LogP contribution in [0, 0.1) is 0 Å². The van der Waals surface area contributed by atoms with E-state index in [1.807, 2.05) is 61.7 Å². The number of carbonyl (C=O) groups is 2. The molecule has 0 amide bonds. The van der Waals surface area contributed by atoms with E-state index in [0.29, 0.717) is 22.5 Å². The van der Waals surface area contributed by atoms with E-state index >= 15 is 0 Å². The zero-order chi connectivity index (χ0) is 22.2. The third-order valence-electron chi connectivity index (χ3n) is 5.89. The van der Waals surface area contributed by atoms with Crippen molar-refractivity contribution in [2.75, 3.05) is 13.2 Å². The molecule has 0 bridgehead atoms. The lowest BCUT2D eigenvalue weighted by Gasteiger charge is -2.28. The van der Waals surface area contributed by atoms with Gasteiger partial charge < -0.3 is 14.8 Å². The van der Waals surface area contributed by atoms with E-state index in [1.165, 1.54) is 0 Å². The third-order valence-corrected chi connectivity index (χ3v) is 5.89. The molecule has 0 saturated carbocycles. The summed E-state index contributed by atoms with van der Waals surface area (Å²) in [5.74, 6) is -1.47.